The molecule has 0 aliphatic heterocycles. The lowest BCUT2D eigenvalue weighted by Gasteiger charge is -2.15. The van der Waals surface area contributed by atoms with Crippen LogP contribution in [0.15, 0.2) is 249 Å². The van der Waals surface area contributed by atoms with E-state index in [0.717, 1.165) is 101 Å². The van der Waals surface area contributed by atoms with Gasteiger partial charge in [-0.05, 0) is 81.4 Å². The van der Waals surface area contributed by atoms with Gasteiger partial charge in [0.15, 0.2) is 11.6 Å². The van der Waals surface area contributed by atoms with Crippen LogP contribution in [0.4, 0.5) is 0 Å². The fraction of sp³-hybridized carbons (Fsp3) is 0. The summed E-state index contributed by atoms with van der Waals surface area (Å²) >= 11 is 0. The van der Waals surface area contributed by atoms with Crippen LogP contribution in [-0.2, 0) is 0 Å². The van der Waals surface area contributed by atoms with Crippen molar-refractivity contribution < 1.29 is 0 Å². The number of rotatable bonds is 10. The summed E-state index contributed by atoms with van der Waals surface area (Å²) in [6.45, 7) is 0. The Labute approximate surface area is 384 Å². The highest BCUT2D eigenvalue weighted by atomic mass is 14.9. The van der Waals surface area contributed by atoms with E-state index in [4.69, 9.17) is 19.9 Å². The third-order valence-corrected chi connectivity index (χ3v) is 11.8. The van der Waals surface area contributed by atoms with Crippen molar-refractivity contribution in [1.82, 2.24) is 24.9 Å². The molecule has 0 saturated heterocycles. The van der Waals surface area contributed by atoms with Gasteiger partial charge in [0.1, 0.15) is 0 Å². The van der Waals surface area contributed by atoms with Gasteiger partial charge in [-0.2, -0.15) is 0 Å². The zero-order valence-corrected chi connectivity index (χ0v) is 35.9. The van der Waals surface area contributed by atoms with E-state index in [-0.39, 0.29) is 0 Å². The molecular formula is C61H41N5. The summed E-state index contributed by atoms with van der Waals surface area (Å²) in [6, 6.07) is 82.0. The molecular weight excluding hydrogens is 803 g/mol. The molecule has 11 rings (SSSR count). The lowest BCUT2D eigenvalue weighted by molar-refractivity contribution is 1.18. The molecule has 0 radical (unpaired) electrons. The number of hydrogen-bond acceptors (Lipinski definition) is 5. The molecule has 0 N–H and O–H groups in total. The van der Waals surface area contributed by atoms with Crippen LogP contribution in [0, 0.1) is 0 Å². The number of nitrogens with zero attached hydrogens (tertiary/aromatic N) is 5. The molecule has 5 nitrogen and oxygen atoms in total. The van der Waals surface area contributed by atoms with E-state index < -0.39 is 0 Å². The Balaban J connectivity index is 1.01. The van der Waals surface area contributed by atoms with E-state index >= 15 is 0 Å². The standard InChI is InChI=1S/C61H41N5/c1-5-17-42(18-6-1)48-25-15-26-49(35-48)58-39-56(44-19-7-2-8-20-44)63-61(65-58)47-32-30-43(31-33-47)51-36-52(50-27-16-34-62-41-50)38-53(37-51)54-28-13-14-29-55(54)59-40-57(45-21-9-3-10-22-45)64-60(66-59)46-23-11-4-12-24-46/h1-41H. The Morgan fingerprint density at radius 3 is 1.21 bits per heavy atom. The first kappa shape index (κ1) is 39.9. The molecule has 8 aromatic carbocycles. The number of hydrogen-bond donors (Lipinski definition) is 0. The number of pyridine rings is 1. The molecule has 0 atom stereocenters. The van der Waals surface area contributed by atoms with Crippen LogP contribution >= 0.6 is 0 Å². The molecule has 66 heavy (non-hydrogen) atoms. The summed E-state index contributed by atoms with van der Waals surface area (Å²) in [6.07, 6.45) is 3.73. The normalized spacial score (nSPS) is 11.0. The van der Waals surface area contributed by atoms with Crippen LogP contribution in [0.25, 0.3) is 112 Å². The highest BCUT2D eigenvalue weighted by molar-refractivity contribution is 5.89. The largest absolute Gasteiger partial charge is 0.264 e. The number of aromatic nitrogens is 5. The highest BCUT2D eigenvalue weighted by Gasteiger charge is 2.17. The lowest BCUT2D eigenvalue weighted by Crippen LogP contribution is -1.97. The molecule has 5 heteroatoms. The minimum atomic E-state index is 0.663. The van der Waals surface area contributed by atoms with Gasteiger partial charge in [0.05, 0.1) is 22.8 Å². The van der Waals surface area contributed by atoms with Crippen LogP contribution < -0.4 is 0 Å². The van der Waals surface area contributed by atoms with Gasteiger partial charge in [-0.3, -0.25) is 4.98 Å². The van der Waals surface area contributed by atoms with Crippen LogP contribution in [0.1, 0.15) is 0 Å². The summed E-state index contributed by atoms with van der Waals surface area (Å²) in [5, 5.41) is 0. The second-order valence-corrected chi connectivity index (χ2v) is 16.1. The quantitative estimate of drug-likeness (QED) is 0.137. The van der Waals surface area contributed by atoms with Gasteiger partial charge in [-0.15, -0.1) is 0 Å². The first-order valence-electron chi connectivity index (χ1n) is 22.0. The molecule has 0 saturated carbocycles. The fourth-order valence-corrected chi connectivity index (χ4v) is 8.45. The maximum Gasteiger partial charge on any atom is 0.160 e. The SMILES string of the molecule is c1ccc(-c2cccc(-c3cc(-c4ccccc4)nc(-c4ccc(-c5cc(-c6cccnc6)cc(-c6ccccc6-c6cc(-c7ccccc7)nc(-c7ccccc7)n6)c5)cc4)n3)c2)cc1. The summed E-state index contributed by atoms with van der Waals surface area (Å²) < 4.78 is 0. The molecule has 11 aromatic rings. The monoisotopic (exact) mass is 843 g/mol. The summed E-state index contributed by atoms with van der Waals surface area (Å²) in [5.74, 6) is 1.34. The van der Waals surface area contributed by atoms with Crippen LogP contribution in [0.3, 0.4) is 0 Å². The van der Waals surface area contributed by atoms with Crippen molar-refractivity contribution in [1.29, 1.82) is 0 Å². The number of benzene rings is 8. The third-order valence-electron chi connectivity index (χ3n) is 11.8. The lowest BCUT2D eigenvalue weighted by atomic mass is 9.90. The maximum atomic E-state index is 5.22. The average Bonchev–Trinajstić information content (AvgIpc) is 3.42. The van der Waals surface area contributed by atoms with Gasteiger partial charge in [0.25, 0.3) is 0 Å². The van der Waals surface area contributed by atoms with Gasteiger partial charge in [0.2, 0.25) is 0 Å². The van der Waals surface area contributed by atoms with E-state index in [0.29, 0.717) is 11.6 Å². The molecule has 3 aromatic heterocycles. The zero-order chi connectivity index (χ0) is 44.1. The zero-order valence-electron chi connectivity index (χ0n) is 35.9. The van der Waals surface area contributed by atoms with E-state index in [1.165, 1.54) is 0 Å². The van der Waals surface area contributed by atoms with Crippen molar-refractivity contribution in [2.45, 2.75) is 0 Å². The minimum Gasteiger partial charge on any atom is -0.264 e. The van der Waals surface area contributed by atoms with E-state index in [1.54, 1.807) is 0 Å². The van der Waals surface area contributed by atoms with Gasteiger partial charge in [0, 0.05) is 51.3 Å². The van der Waals surface area contributed by atoms with Crippen molar-refractivity contribution in [3.8, 4) is 112 Å². The van der Waals surface area contributed by atoms with E-state index in [2.05, 4.69) is 175 Å². The van der Waals surface area contributed by atoms with Crippen molar-refractivity contribution in [3.63, 3.8) is 0 Å². The molecule has 0 unspecified atom stereocenters. The Morgan fingerprint density at radius 1 is 0.212 bits per heavy atom. The van der Waals surface area contributed by atoms with E-state index in [9.17, 15) is 0 Å². The topological polar surface area (TPSA) is 64.5 Å². The molecule has 0 aliphatic carbocycles. The highest BCUT2D eigenvalue weighted by Crippen LogP contribution is 2.39. The summed E-state index contributed by atoms with van der Waals surface area (Å²) in [5.41, 5.74) is 18.1. The maximum absolute atomic E-state index is 5.22. The molecule has 0 spiro atoms. The second kappa shape index (κ2) is 18.0. The third kappa shape index (κ3) is 8.45. The van der Waals surface area contributed by atoms with Crippen LogP contribution in [-0.4, -0.2) is 24.9 Å². The van der Waals surface area contributed by atoms with Gasteiger partial charge in [-0.25, -0.2) is 19.9 Å². The predicted molar refractivity (Wildman–Crippen MR) is 270 cm³/mol. The fourth-order valence-electron chi connectivity index (χ4n) is 8.45. The molecule has 0 aliphatic rings. The van der Waals surface area contributed by atoms with Gasteiger partial charge >= 0.3 is 0 Å². The second-order valence-electron chi connectivity index (χ2n) is 16.1. The first-order chi connectivity index (χ1) is 32.7. The smallest absolute Gasteiger partial charge is 0.160 e. The van der Waals surface area contributed by atoms with E-state index in [1.807, 2.05) is 79.1 Å². The minimum absolute atomic E-state index is 0.663. The average molecular weight is 844 g/mol. The molecule has 0 bridgehead atoms. The molecule has 310 valence electrons. The Morgan fingerprint density at radius 2 is 0.606 bits per heavy atom. The van der Waals surface area contributed by atoms with Crippen molar-refractivity contribution in [2.24, 2.45) is 0 Å². The molecule has 0 fully saturated rings. The van der Waals surface area contributed by atoms with Crippen molar-refractivity contribution in [3.05, 3.63) is 249 Å². The summed E-state index contributed by atoms with van der Waals surface area (Å²) in [7, 11) is 0. The van der Waals surface area contributed by atoms with Crippen LogP contribution in [0.2, 0.25) is 0 Å². The van der Waals surface area contributed by atoms with Crippen LogP contribution in [0.5, 0.6) is 0 Å². The van der Waals surface area contributed by atoms with Crippen molar-refractivity contribution in [2.75, 3.05) is 0 Å². The van der Waals surface area contributed by atoms with Gasteiger partial charge < -0.3 is 0 Å². The van der Waals surface area contributed by atoms with Gasteiger partial charge in [-0.1, -0.05) is 194 Å². The van der Waals surface area contributed by atoms with Crippen molar-refractivity contribution >= 4 is 0 Å². The Kier molecular flexibility index (Phi) is 10.9. The molecule has 0 amide bonds. The Hall–Kier alpha value is -8.93. The summed E-state index contributed by atoms with van der Waals surface area (Å²) in [4.78, 5) is 25.1. The Bertz CT molecular complexity index is 3370. The predicted octanol–water partition coefficient (Wildman–Crippen LogP) is 15.3. The molecule has 3 heterocycles. The first-order valence-corrected chi connectivity index (χ1v) is 22.0.